The van der Waals surface area contributed by atoms with Crippen LogP contribution in [0.5, 0.6) is 5.75 Å². The first-order valence-corrected chi connectivity index (χ1v) is 6.08. The fourth-order valence-corrected chi connectivity index (χ4v) is 1.66. The standard InChI is InChI=1S/C11H12BrNO5/c12-8-4-5-10(9(7-8)13(16)17)18-6-2-1-3-11(14)15/h4-5,7H,1-3,6H2,(H,14,15). The molecule has 0 aliphatic rings. The zero-order chi connectivity index (χ0) is 13.5. The lowest BCUT2D eigenvalue weighted by molar-refractivity contribution is -0.385. The third-order valence-electron chi connectivity index (χ3n) is 2.16. The number of nitro groups is 1. The lowest BCUT2D eigenvalue weighted by atomic mass is 10.2. The minimum absolute atomic E-state index is 0.0752. The molecule has 0 amide bonds. The van der Waals surface area contributed by atoms with Crippen LogP contribution in [0.4, 0.5) is 5.69 Å². The Morgan fingerprint density at radius 2 is 2.17 bits per heavy atom. The predicted octanol–water partition coefficient (Wildman–Crippen LogP) is 2.99. The van der Waals surface area contributed by atoms with E-state index in [-0.39, 0.29) is 24.5 Å². The van der Waals surface area contributed by atoms with Gasteiger partial charge in [-0.05, 0) is 25.0 Å². The summed E-state index contributed by atoms with van der Waals surface area (Å²) in [7, 11) is 0. The molecule has 1 aromatic carbocycles. The smallest absolute Gasteiger partial charge is 0.312 e. The highest BCUT2D eigenvalue weighted by Crippen LogP contribution is 2.30. The van der Waals surface area contributed by atoms with E-state index in [0.29, 0.717) is 17.3 Å². The Hall–Kier alpha value is -1.63. The van der Waals surface area contributed by atoms with Crippen molar-refractivity contribution in [3.63, 3.8) is 0 Å². The van der Waals surface area contributed by atoms with Crippen molar-refractivity contribution in [2.45, 2.75) is 19.3 Å². The van der Waals surface area contributed by atoms with Crippen LogP contribution in [0.15, 0.2) is 22.7 Å². The molecule has 98 valence electrons. The van der Waals surface area contributed by atoms with E-state index in [1.54, 1.807) is 6.07 Å². The maximum Gasteiger partial charge on any atom is 0.312 e. The second-order valence-corrected chi connectivity index (χ2v) is 4.48. The van der Waals surface area contributed by atoms with Crippen molar-refractivity contribution in [3.8, 4) is 5.75 Å². The lowest BCUT2D eigenvalue weighted by Gasteiger charge is -2.06. The minimum Gasteiger partial charge on any atom is -0.487 e. The summed E-state index contributed by atoms with van der Waals surface area (Å²) in [4.78, 5) is 20.5. The number of halogens is 1. The third kappa shape index (κ3) is 4.70. The van der Waals surface area contributed by atoms with Crippen LogP contribution >= 0.6 is 15.9 Å². The van der Waals surface area contributed by atoms with E-state index < -0.39 is 10.9 Å². The molecule has 0 bridgehead atoms. The Kier molecular flexibility index (Phi) is 5.57. The molecule has 18 heavy (non-hydrogen) atoms. The molecule has 0 aliphatic heterocycles. The summed E-state index contributed by atoms with van der Waals surface area (Å²) in [6.07, 6.45) is 1.10. The minimum atomic E-state index is -0.857. The van der Waals surface area contributed by atoms with Crippen LogP contribution in [0.25, 0.3) is 0 Å². The number of hydrogen-bond acceptors (Lipinski definition) is 4. The molecule has 0 aromatic heterocycles. The van der Waals surface area contributed by atoms with Gasteiger partial charge in [-0.2, -0.15) is 0 Å². The molecule has 0 heterocycles. The second-order valence-electron chi connectivity index (χ2n) is 3.57. The number of nitro benzene ring substituents is 1. The van der Waals surface area contributed by atoms with Gasteiger partial charge >= 0.3 is 11.7 Å². The summed E-state index contributed by atoms with van der Waals surface area (Å²) in [5.41, 5.74) is -0.109. The van der Waals surface area contributed by atoms with E-state index >= 15 is 0 Å². The van der Waals surface area contributed by atoms with Crippen molar-refractivity contribution >= 4 is 27.6 Å². The van der Waals surface area contributed by atoms with Gasteiger partial charge in [0.05, 0.1) is 11.5 Å². The van der Waals surface area contributed by atoms with E-state index in [4.69, 9.17) is 9.84 Å². The molecule has 1 rings (SSSR count). The number of ether oxygens (including phenoxy) is 1. The first-order chi connectivity index (χ1) is 8.50. The number of carboxylic acid groups (broad SMARTS) is 1. The molecule has 0 aliphatic carbocycles. The van der Waals surface area contributed by atoms with Crippen LogP contribution in [0, 0.1) is 10.1 Å². The maximum absolute atomic E-state index is 10.8. The monoisotopic (exact) mass is 317 g/mol. The number of carboxylic acids is 1. The van der Waals surface area contributed by atoms with Crippen LogP contribution in [-0.4, -0.2) is 22.6 Å². The predicted molar refractivity (Wildman–Crippen MR) is 67.8 cm³/mol. The normalized spacial score (nSPS) is 10.1. The molecule has 0 fully saturated rings. The Labute approximate surface area is 112 Å². The second kappa shape index (κ2) is 6.95. The first kappa shape index (κ1) is 14.4. The summed E-state index contributed by atoms with van der Waals surface area (Å²) in [6.45, 7) is 0.260. The van der Waals surface area contributed by atoms with Crippen LogP contribution in [-0.2, 0) is 4.79 Å². The molecule has 1 N–H and O–H groups in total. The molecule has 0 atom stereocenters. The van der Waals surface area contributed by atoms with Crippen molar-refractivity contribution in [3.05, 3.63) is 32.8 Å². The molecule has 0 saturated carbocycles. The number of benzene rings is 1. The number of unbranched alkanes of at least 4 members (excludes halogenated alkanes) is 1. The topological polar surface area (TPSA) is 89.7 Å². The Morgan fingerprint density at radius 3 is 2.78 bits per heavy atom. The van der Waals surface area contributed by atoms with Gasteiger partial charge in [-0.25, -0.2) is 0 Å². The van der Waals surface area contributed by atoms with Crippen molar-refractivity contribution < 1.29 is 19.6 Å². The van der Waals surface area contributed by atoms with Crippen molar-refractivity contribution in [2.75, 3.05) is 6.61 Å². The van der Waals surface area contributed by atoms with E-state index in [1.807, 2.05) is 0 Å². The summed E-state index contributed by atoms with van der Waals surface area (Å²) in [6, 6.07) is 4.53. The van der Waals surface area contributed by atoms with Crippen molar-refractivity contribution in [1.82, 2.24) is 0 Å². The fourth-order valence-electron chi connectivity index (χ4n) is 1.32. The third-order valence-corrected chi connectivity index (χ3v) is 2.65. The molecule has 0 spiro atoms. The SMILES string of the molecule is O=C(O)CCCCOc1ccc(Br)cc1[N+](=O)[O-]. The highest BCUT2D eigenvalue weighted by molar-refractivity contribution is 9.10. The average molecular weight is 318 g/mol. The number of nitrogens with zero attached hydrogens (tertiary/aromatic N) is 1. The van der Waals surface area contributed by atoms with Gasteiger partial charge in [-0.3, -0.25) is 14.9 Å². The highest BCUT2D eigenvalue weighted by Gasteiger charge is 2.15. The number of aliphatic carboxylic acids is 1. The Balaban J connectivity index is 2.51. The van der Waals surface area contributed by atoms with E-state index in [0.717, 1.165) is 0 Å². The zero-order valence-corrected chi connectivity index (χ0v) is 11.1. The number of hydrogen-bond donors (Lipinski definition) is 1. The van der Waals surface area contributed by atoms with Crippen LogP contribution in [0.1, 0.15) is 19.3 Å². The number of carbonyl (C=O) groups is 1. The summed E-state index contributed by atoms with van der Waals surface area (Å²) in [5, 5.41) is 19.2. The van der Waals surface area contributed by atoms with Gasteiger partial charge in [0.15, 0.2) is 5.75 Å². The van der Waals surface area contributed by atoms with Gasteiger partial charge in [0.2, 0.25) is 0 Å². The highest BCUT2D eigenvalue weighted by atomic mass is 79.9. The van der Waals surface area contributed by atoms with Gasteiger partial charge in [-0.15, -0.1) is 0 Å². The van der Waals surface area contributed by atoms with Gasteiger partial charge < -0.3 is 9.84 Å². The molecule has 1 aromatic rings. The van der Waals surface area contributed by atoms with Gasteiger partial charge in [0.1, 0.15) is 0 Å². The van der Waals surface area contributed by atoms with Crippen LogP contribution in [0.2, 0.25) is 0 Å². The summed E-state index contributed by atoms with van der Waals surface area (Å²) in [5.74, 6) is -0.664. The molecule has 7 heteroatoms. The van der Waals surface area contributed by atoms with Crippen LogP contribution in [0.3, 0.4) is 0 Å². The Bertz CT molecular complexity index is 449. The molecule has 0 radical (unpaired) electrons. The van der Waals surface area contributed by atoms with Crippen LogP contribution < -0.4 is 4.74 Å². The first-order valence-electron chi connectivity index (χ1n) is 5.29. The van der Waals surface area contributed by atoms with E-state index in [9.17, 15) is 14.9 Å². The average Bonchev–Trinajstić information content (AvgIpc) is 2.29. The fraction of sp³-hybridized carbons (Fsp3) is 0.364. The van der Waals surface area contributed by atoms with Crippen molar-refractivity contribution in [2.24, 2.45) is 0 Å². The largest absolute Gasteiger partial charge is 0.487 e. The summed E-state index contributed by atoms with van der Waals surface area (Å²) < 4.78 is 5.88. The molecular weight excluding hydrogens is 306 g/mol. The zero-order valence-electron chi connectivity index (χ0n) is 9.47. The van der Waals surface area contributed by atoms with E-state index in [2.05, 4.69) is 15.9 Å². The quantitative estimate of drug-likeness (QED) is 0.474. The molecular formula is C11H12BrNO5. The number of rotatable bonds is 7. The van der Waals surface area contributed by atoms with E-state index in [1.165, 1.54) is 12.1 Å². The Morgan fingerprint density at radius 1 is 1.44 bits per heavy atom. The lowest BCUT2D eigenvalue weighted by Crippen LogP contribution is -2.02. The molecule has 6 nitrogen and oxygen atoms in total. The molecule has 0 saturated heterocycles. The van der Waals surface area contributed by atoms with Crippen molar-refractivity contribution in [1.29, 1.82) is 0 Å². The molecule has 0 unspecified atom stereocenters. The van der Waals surface area contributed by atoms with Gasteiger partial charge in [0.25, 0.3) is 0 Å². The summed E-state index contributed by atoms with van der Waals surface area (Å²) >= 11 is 3.15. The van der Waals surface area contributed by atoms with Gasteiger partial charge in [0, 0.05) is 17.0 Å². The maximum atomic E-state index is 10.8. The van der Waals surface area contributed by atoms with Gasteiger partial charge in [-0.1, -0.05) is 15.9 Å².